The number of nitrogens with zero attached hydrogens (tertiary/aromatic N) is 4. The normalized spacial score (nSPS) is 30.9. The second-order valence-electron chi connectivity index (χ2n) is 12.6. The van der Waals surface area contributed by atoms with E-state index < -0.39 is 5.56 Å². The van der Waals surface area contributed by atoms with Crippen molar-refractivity contribution in [2.75, 3.05) is 0 Å². The number of pyridine rings is 1. The van der Waals surface area contributed by atoms with E-state index in [-0.39, 0.29) is 17.2 Å². The van der Waals surface area contributed by atoms with E-state index in [1.165, 1.54) is 76.5 Å². The summed E-state index contributed by atoms with van der Waals surface area (Å²) >= 11 is 0. The van der Waals surface area contributed by atoms with Crippen LogP contribution in [0.4, 0.5) is 0 Å². The molecule has 2 saturated carbocycles. The van der Waals surface area contributed by atoms with Gasteiger partial charge in [-0.05, 0) is 75.0 Å². The number of hydrogen-bond acceptors (Lipinski definition) is 5. The Labute approximate surface area is 228 Å². The molecule has 4 bridgehead atoms. The van der Waals surface area contributed by atoms with E-state index in [4.69, 9.17) is 4.98 Å². The molecular formula is C32H37N5O2. The van der Waals surface area contributed by atoms with Gasteiger partial charge < -0.3 is 9.55 Å². The maximum absolute atomic E-state index is 14.2. The second kappa shape index (κ2) is 10.1. The van der Waals surface area contributed by atoms with Crippen molar-refractivity contribution in [1.29, 1.82) is 5.26 Å². The first-order valence-electron chi connectivity index (χ1n) is 15.0. The summed E-state index contributed by atoms with van der Waals surface area (Å²) in [6.45, 7) is 0. The monoisotopic (exact) mass is 523 g/mol. The van der Waals surface area contributed by atoms with Crippen molar-refractivity contribution < 1.29 is 0 Å². The number of benzene rings is 1. The van der Waals surface area contributed by atoms with Crippen LogP contribution in [0.5, 0.6) is 0 Å². The number of para-hydroxylation sites is 2. The van der Waals surface area contributed by atoms with E-state index in [0.717, 1.165) is 35.7 Å². The highest BCUT2D eigenvalue weighted by Crippen LogP contribution is 2.47. The van der Waals surface area contributed by atoms with Gasteiger partial charge in [0.25, 0.3) is 11.1 Å². The topological polar surface area (TPSA) is 94.8 Å². The smallest absolute Gasteiger partial charge is 0.277 e. The van der Waals surface area contributed by atoms with Gasteiger partial charge in [-0.2, -0.15) is 5.26 Å². The quantitative estimate of drug-likeness (QED) is 0.486. The SMILES string of the molecule is N#Cc1cc(-c2nc3ccccc3n([C@@H]3C[C@H]4CCC[C@@H](C3)N4[C@@H]3C[C@@H]4CCCC[C@@H](C4)C3)c2=O)c[nH]c1=O. The van der Waals surface area contributed by atoms with E-state index in [0.29, 0.717) is 29.4 Å². The van der Waals surface area contributed by atoms with Gasteiger partial charge in [0.1, 0.15) is 17.3 Å². The predicted octanol–water partition coefficient (Wildman–Crippen LogP) is 5.54. The van der Waals surface area contributed by atoms with Gasteiger partial charge in [0.15, 0.2) is 0 Å². The number of H-pyrrole nitrogens is 1. The molecule has 0 spiro atoms. The summed E-state index contributed by atoms with van der Waals surface area (Å²) in [6.07, 6.45) is 17.0. The number of nitrogens with one attached hydrogen (secondary N) is 1. The third-order valence-electron chi connectivity index (χ3n) is 10.2. The lowest BCUT2D eigenvalue weighted by Gasteiger charge is -2.54. The standard InChI is InChI=1S/C32H37N5O2/c33-18-22-15-23(19-34-31(22)38)30-32(39)37(29-11-4-3-10-28(29)35-30)27-16-24-8-5-9-25(17-27)36(24)26-13-20-6-1-2-7-21(12-20)14-26/h3-4,10-11,15,19-21,24-27H,1-2,5-9,12-14,16-17H2,(H,34,38)/t20-,21+,24-,25+,26-,27-. The summed E-state index contributed by atoms with van der Waals surface area (Å²) in [5.41, 5.74) is 1.82. The molecular weight excluding hydrogens is 486 g/mol. The van der Waals surface area contributed by atoms with Crippen LogP contribution in [0.2, 0.25) is 0 Å². The first-order chi connectivity index (χ1) is 19.1. The molecule has 3 aromatic rings. The summed E-state index contributed by atoms with van der Waals surface area (Å²) in [5.74, 6) is 1.80. The van der Waals surface area contributed by atoms with Crippen molar-refractivity contribution in [3.8, 4) is 17.3 Å². The van der Waals surface area contributed by atoms with E-state index in [2.05, 4.69) is 9.88 Å². The van der Waals surface area contributed by atoms with Gasteiger partial charge in [-0.3, -0.25) is 14.5 Å². The zero-order valence-corrected chi connectivity index (χ0v) is 22.5. The molecule has 4 heterocycles. The molecule has 2 saturated heterocycles. The van der Waals surface area contributed by atoms with Crippen molar-refractivity contribution in [2.45, 2.75) is 101 Å². The van der Waals surface area contributed by atoms with Gasteiger partial charge in [0, 0.05) is 35.9 Å². The molecule has 39 heavy (non-hydrogen) atoms. The van der Waals surface area contributed by atoms with Crippen LogP contribution in [0.3, 0.4) is 0 Å². The third kappa shape index (κ3) is 4.43. The Kier molecular flexibility index (Phi) is 6.39. The molecule has 1 aromatic carbocycles. The van der Waals surface area contributed by atoms with Crippen molar-refractivity contribution in [1.82, 2.24) is 19.4 Å². The van der Waals surface area contributed by atoms with Gasteiger partial charge in [-0.15, -0.1) is 0 Å². The molecule has 2 aliphatic heterocycles. The number of piperidine rings is 2. The Hall–Kier alpha value is -3.24. The molecule has 7 heteroatoms. The number of fused-ring (bicyclic) bond motifs is 5. The minimum atomic E-state index is -0.454. The molecule has 2 aromatic heterocycles. The average Bonchev–Trinajstić information content (AvgIpc) is 3.11. The van der Waals surface area contributed by atoms with Crippen LogP contribution < -0.4 is 11.1 Å². The maximum Gasteiger partial charge on any atom is 0.277 e. The summed E-state index contributed by atoms with van der Waals surface area (Å²) in [5, 5.41) is 9.40. The first-order valence-corrected chi connectivity index (χ1v) is 15.0. The molecule has 0 amide bonds. The summed E-state index contributed by atoms with van der Waals surface area (Å²) in [6, 6.07) is 13.2. The van der Waals surface area contributed by atoms with Crippen LogP contribution in [0.25, 0.3) is 22.3 Å². The van der Waals surface area contributed by atoms with Gasteiger partial charge in [-0.1, -0.05) is 44.2 Å². The number of aromatic amines is 1. The lowest BCUT2D eigenvalue weighted by Crippen LogP contribution is -2.58. The van der Waals surface area contributed by atoms with Gasteiger partial charge in [-0.25, -0.2) is 4.98 Å². The fraction of sp³-hybridized carbons (Fsp3) is 0.562. The first kappa shape index (κ1) is 24.8. The van der Waals surface area contributed by atoms with E-state index >= 15 is 0 Å². The Morgan fingerprint density at radius 1 is 0.846 bits per heavy atom. The summed E-state index contributed by atoms with van der Waals surface area (Å²) in [7, 11) is 0. The lowest BCUT2D eigenvalue weighted by molar-refractivity contribution is -0.0420. The van der Waals surface area contributed by atoms with Crippen LogP contribution >= 0.6 is 0 Å². The average molecular weight is 524 g/mol. The third-order valence-corrected chi connectivity index (χ3v) is 10.2. The molecule has 7 nitrogen and oxygen atoms in total. The fourth-order valence-electron chi connectivity index (χ4n) is 8.71. The van der Waals surface area contributed by atoms with Crippen LogP contribution in [-0.2, 0) is 0 Å². The van der Waals surface area contributed by atoms with Crippen molar-refractivity contribution in [3.05, 3.63) is 62.8 Å². The highest BCUT2D eigenvalue weighted by atomic mass is 16.1. The minimum absolute atomic E-state index is 0.00991. The maximum atomic E-state index is 14.2. The second-order valence-corrected chi connectivity index (χ2v) is 12.6. The Bertz CT molecular complexity index is 1520. The van der Waals surface area contributed by atoms with E-state index in [1.54, 1.807) is 0 Å². The van der Waals surface area contributed by atoms with Crippen molar-refractivity contribution in [2.24, 2.45) is 11.8 Å². The summed E-state index contributed by atoms with van der Waals surface area (Å²) < 4.78 is 2.00. The largest absolute Gasteiger partial charge is 0.327 e. The molecule has 2 aliphatic carbocycles. The molecule has 7 rings (SSSR count). The summed E-state index contributed by atoms with van der Waals surface area (Å²) in [4.78, 5) is 36.4. The number of rotatable bonds is 3. The highest BCUT2D eigenvalue weighted by Gasteiger charge is 2.45. The van der Waals surface area contributed by atoms with Gasteiger partial charge >= 0.3 is 0 Å². The molecule has 1 N–H and O–H groups in total. The molecule has 0 radical (unpaired) electrons. The molecule has 4 fully saturated rings. The minimum Gasteiger partial charge on any atom is -0.327 e. The molecule has 6 atom stereocenters. The lowest BCUT2D eigenvalue weighted by atomic mass is 9.73. The van der Waals surface area contributed by atoms with E-state index in [9.17, 15) is 14.9 Å². The van der Waals surface area contributed by atoms with Crippen LogP contribution in [0, 0.1) is 23.2 Å². The van der Waals surface area contributed by atoms with Crippen LogP contribution in [0.15, 0.2) is 46.1 Å². The Morgan fingerprint density at radius 3 is 2.28 bits per heavy atom. The highest BCUT2D eigenvalue weighted by molar-refractivity contribution is 5.78. The van der Waals surface area contributed by atoms with Gasteiger partial charge in [0.2, 0.25) is 0 Å². The van der Waals surface area contributed by atoms with E-state index in [1.807, 2.05) is 34.9 Å². The molecule has 0 unspecified atom stereocenters. The zero-order chi connectivity index (χ0) is 26.5. The number of hydrogen-bond donors (Lipinski definition) is 1. The predicted molar refractivity (Wildman–Crippen MR) is 151 cm³/mol. The van der Waals surface area contributed by atoms with Crippen LogP contribution in [0.1, 0.15) is 88.7 Å². The van der Waals surface area contributed by atoms with Crippen LogP contribution in [-0.4, -0.2) is 37.6 Å². The molecule has 202 valence electrons. The molecule has 4 aliphatic rings. The Morgan fingerprint density at radius 2 is 1.56 bits per heavy atom. The fourth-order valence-corrected chi connectivity index (χ4v) is 8.71. The van der Waals surface area contributed by atoms with Crippen molar-refractivity contribution >= 4 is 11.0 Å². The Balaban J connectivity index is 1.26. The number of aromatic nitrogens is 3. The van der Waals surface area contributed by atoms with Gasteiger partial charge in [0.05, 0.1) is 11.0 Å². The zero-order valence-electron chi connectivity index (χ0n) is 22.5. The van der Waals surface area contributed by atoms with Crippen molar-refractivity contribution in [3.63, 3.8) is 0 Å². The number of nitriles is 1.